The molecule has 3 fully saturated rings. The minimum atomic E-state index is -4.19. The van der Waals surface area contributed by atoms with E-state index in [1.807, 2.05) is 27.7 Å². The van der Waals surface area contributed by atoms with E-state index in [0.717, 1.165) is 24.7 Å². The fourth-order valence-corrected chi connectivity index (χ4v) is 8.36. The van der Waals surface area contributed by atoms with E-state index >= 15 is 0 Å². The minimum Gasteiger partial charge on any atom is -0.460 e. The molecule has 0 aliphatic heterocycles. The Morgan fingerprint density at radius 2 is 1.81 bits per heavy atom. The van der Waals surface area contributed by atoms with Crippen LogP contribution in [0.5, 0.6) is 0 Å². The summed E-state index contributed by atoms with van der Waals surface area (Å²) in [6, 6.07) is 6.06. The predicted octanol–water partition coefficient (Wildman–Crippen LogP) is 3.62. The van der Waals surface area contributed by atoms with Crippen LogP contribution in [-0.4, -0.2) is 50.4 Å². The highest BCUT2D eigenvalue weighted by molar-refractivity contribution is 7.86. The Morgan fingerprint density at radius 1 is 1.16 bits per heavy atom. The van der Waals surface area contributed by atoms with Gasteiger partial charge in [0.1, 0.15) is 18.2 Å². The largest absolute Gasteiger partial charge is 0.460 e. The number of carbonyl (C=O) groups is 3. The first-order valence-corrected chi connectivity index (χ1v) is 14.4. The number of aliphatic hydroxyl groups is 1. The second kappa shape index (κ2) is 9.58. The van der Waals surface area contributed by atoms with Crippen LogP contribution in [0, 0.1) is 40.9 Å². The molecule has 1 aromatic rings. The van der Waals surface area contributed by atoms with Crippen LogP contribution in [0.2, 0.25) is 0 Å². The summed E-state index contributed by atoms with van der Waals surface area (Å²) in [5, 5.41) is 11.4. The summed E-state index contributed by atoms with van der Waals surface area (Å²) in [6.45, 7) is 8.58. The van der Waals surface area contributed by atoms with E-state index in [0.29, 0.717) is 12.8 Å². The van der Waals surface area contributed by atoms with Gasteiger partial charge in [0.25, 0.3) is 10.1 Å². The molecule has 9 heteroatoms. The lowest BCUT2D eigenvalue weighted by Crippen LogP contribution is -2.63. The first-order valence-electron chi connectivity index (χ1n) is 13.0. The molecule has 3 saturated carbocycles. The van der Waals surface area contributed by atoms with Crippen molar-refractivity contribution in [2.24, 2.45) is 34.0 Å². The molecule has 3 aliphatic carbocycles. The molecule has 0 aromatic heterocycles. The second-order valence-electron chi connectivity index (χ2n) is 12.0. The van der Waals surface area contributed by atoms with E-state index in [2.05, 4.69) is 0 Å². The van der Waals surface area contributed by atoms with E-state index in [1.165, 1.54) is 12.1 Å². The zero-order valence-electron chi connectivity index (χ0n) is 22.2. The van der Waals surface area contributed by atoms with E-state index in [9.17, 15) is 27.9 Å². The predicted molar refractivity (Wildman–Crippen MR) is 135 cm³/mol. The average Bonchev–Trinajstić information content (AvgIpc) is 3.21. The van der Waals surface area contributed by atoms with Gasteiger partial charge in [-0.3, -0.25) is 8.98 Å². The lowest BCUT2D eigenvalue weighted by Gasteiger charge is -2.61. The number of carbonyl (C=O) groups excluding carboxylic acids is 3. The topological polar surface area (TPSA) is 124 Å². The van der Waals surface area contributed by atoms with Crippen molar-refractivity contribution in [1.29, 1.82) is 0 Å². The number of ether oxygens (including phenoxy) is 1. The van der Waals surface area contributed by atoms with Crippen LogP contribution in [-0.2, 0) is 33.4 Å². The van der Waals surface area contributed by atoms with Gasteiger partial charge in [-0.25, -0.2) is 4.79 Å². The van der Waals surface area contributed by atoms with Crippen LogP contribution in [0.3, 0.4) is 0 Å². The molecule has 0 spiro atoms. The van der Waals surface area contributed by atoms with Crippen LogP contribution in [0.1, 0.15) is 65.4 Å². The Morgan fingerprint density at radius 3 is 2.43 bits per heavy atom. The van der Waals surface area contributed by atoms with E-state index < -0.39 is 57.1 Å². The Labute approximate surface area is 219 Å². The number of hydrogen-bond acceptors (Lipinski definition) is 8. The van der Waals surface area contributed by atoms with Crippen LogP contribution >= 0.6 is 0 Å². The average molecular weight is 535 g/mol. The van der Waals surface area contributed by atoms with E-state index in [1.54, 1.807) is 19.1 Å². The molecular formula is C28H38O8S. The van der Waals surface area contributed by atoms with Crippen molar-refractivity contribution in [3.63, 3.8) is 0 Å². The van der Waals surface area contributed by atoms with Gasteiger partial charge in [-0.05, 0) is 62.0 Å². The van der Waals surface area contributed by atoms with Crippen LogP contribution in [0.25, 0.3) is 0 Å². The third kappa shape index (κ3) is 4.46. The quantitative estimate of drug-likeness (QED) is 0.333. The summed E-state index contributed by atoms with van der Waals surface area (Å²) in [7, 11) is -4.19. The van der Waals surface area contributed by atoms with Gasteiger partial charge in [0.05, 0.1) is 16.4 Å². The van der Waals surface area contributed by atoms with Gasteiger partial charge < -0.3 is 14.6 Å². The Bertz CT molecular complexity index is 1180. The van der Waals surface area contributed by atoms with Gasteiger partial charge in [-0.15, -0.1) is 0 Å². The molecule has 0 amide bonds. The fourth-order valence-electron chi connectivity index (χ4n) is 7.51. The highest BCUT2D eigenvalue weighted by atomic mass is 32.2. The first kappa shape index (κ1) is 27.9. The van der Waals surface area contributed by atoms with Crippen molar-refractivity contribution in [1.82, 2.24) is 0 Å². The van der Waals surface area contributed by atoms with Gasteiger partial charge in [0.15, 0.2) is 6.61 Å². The number of esters is 1. The summed E-state index contributed by atoms with van der Waals surface area (Å²) in [6.07, 6.45) is 1.42. The number of aldehydes is 1. The van der Waals surface area contributed by atoms with Gasteiger partial charge in [0, 0.05) is 17.8 Å². The number of rotatable bonds is 6. The number of aliphatic hydroxyl groups excluding tert-OH is 1. The van der Waals surface area contributed by atoms with Gasteiger partial charge >= 0.3 is 5.97 Å². The van der Waals surface area contributed by atoms with Crippen molar-refractivity contribution in [3.05, 3.63) is 29.8 Å². The zero-order valence-corrected chi connectivity index (χ0v) is 23.0. The number of hydrogen-bond donors (Lipinski definition) is 1. The smallest absolute Gasteiger partial charge is 0.333 e. The third-order valence-corrected chi connectivity index (χ3v) is 11.3. The van der Waals surface area contributed by atoms with Crippen LogP contribution < -0.4 is 0 Å². The van der Waals surface area contributed by atoms with Crippen LogP contribution in [0.4, 0.5) is 0 Å². The molecule has 0 radical (unpaired) electrons. The molecule has 204 valence electrons. The molecule has 0 unspecified atom stereocenters. The van der Waals surface area contributed by atoms with Gasteiger partial charge in [0.2, 0.25) is 0 Å². The maximum absolute atomic E-state index is 13.4. The van der Waals surface area contributed by atoms with Gasteiger partial charge in [-0.2, -0.15) is 8.42 Å². The SMILES string of the molecule is Cc1ccc(S(=O)(=O)OCC(=O)O[C@@H]2C[C@](C)(C=O)[C@@H](O)[C@H](C)[C@]34CCC(=O)[C@H]3[C@@]2(C)[C@H](C)CC4)cc1. The minimum absolute atomic E-state index is 0.000953. The molecule has 1 N–H and O–H groups in total. The van der Waals surface area contributed by atoms with Crippen molar-refractivity contribution in [3.8, 4) is 0 Å². The standard InChI is InChI=1S/C28H38O8S/c1-17-6-8-20(9-7-17)37(33,34)35-15-23(31)36-22-14-26(4,16-29)25(32)19(3)28-12-10-18(2)27(22,5)24(28)21(30)11-13-28/h6-9,16,18-19,22,24-25,32H,10-15H2,1-5H3/t18-,19+,22-,24+,25+,26-,27+,28+/m1/s1. The highest BCUT2D eigenvalue weighted by Gasteiger charge is 2.68. The lowest BCUT2D eigenvalue weighted by molar-refractivity contribution is -0.210. The van der Waals surface area contributed by atoms with Crippen molar-refractivity contribution in [2.45, 2.75) is 83.8 Å². The fraction of sp³-hybridized carbons (Fsp3) is 0.679. The molecule has 0 saturated heterocycles. The number of ketones is 1. The Hall–Kier alpha value is -2.10. The number of benzene rings is 1. The Kier molecular flexibility index (Phi) is 7.23. The molecule has 8 atom stereocenters. The molecule has 0 heterocycles. The van der Waals surface area contributed by atoms with Crippen LogP contribution in [0.15, 0.2) is 29.2 Å². The normalized spacial score (nSPS) is 39.8. The maximum atomic E-state index is 13.4. The van der Waals surface area contributed by atoms with Crippen molar-refractivity contribution in [2.75, 3.05) is 6.61 Å². The molecule has 4 rings (SSSR count). The Balaban J connectivity index is 1.65. The first-order chi connectivity index (χ1) is 17.2. The molecule has 37 heavy (non-hydrogen) atoms. The zero-order chi connectivity index (χ0) is 27.4. The molecule has 1 aromatic carbocycles. The molecule has 2 bridgehead atoms. The van der Waals surface area contributed by atoms with E-state index in [4.69, 9.17) is 8.92 Å². The third-order valence-electron chi connectivity index (χ3n) is 10.0. The maximum Gasteiger partial charge on any atom is 0.333 e. The van der Waals surface area contributed by atoms with Gasteiger partial charge in [-0.1, -0.05) is 45.4 Å². The molecular weight excluding hydrogens is 496 g/mol. The second-order valence-corrected chi connectivity index (χ2v) is 13.6. The molecule has 3 aliphatic rings. The van der Waals surface area contributed by atoms with Crippen molar-refractivity contribution >= 4 is 28.2 Å². The summed E-state index contributed by atoms with van der Waals surface area (Å²) in [5.74, 6) is -1.51. The number of aryl methyl sites for hydroxylation is 1. The summed E-state index contributed by atoms with van der Waals surface area (Å²) in [4.78, 5) is 38.7. The monoisotopic (exact) mass is 534 g/mol. The number of Topliss-reactive ketones (excluding diaryl/α,β-unsaturated/α-hetero) is 1. The highest BCUT2D eigenvalue weighted by Crippen LogP contribution is 2.67. The summed E-state index contributed by atoms with van der Waals surface area (Å²) < 4.78 is 36.1. The summed E-state index contributed by atoms with van der Waals surface area (Å²) >= 11 is 0. The summed E-state index contributed by atoms with van der Waals surface area (Å²) in [5.41, 5.74) is -1.60. The lowest BCUT2D eigenvalue weighted by atomic mass is 9.44. The van der Waals surface area contributed by atoms with E-state index in [-0.39, 0.29) is 28.9 Å². The molecule has 8 nitrogen and oxygen atoms in total. The van der Waals surface area contributed by atoms with Crippen molar-refractivity contribution < 1.29 is 36.8 Å².